The number of nitrogens with one attached hydrogen (secondary N) is 2. The molecule has 3 atom stereocenters. The molecule has 0 bridgehead atoms. The highest BCUT2D eigenvalue weighted by Crippen LogP contribution is 2.36. The second-order valence-corrected chi connectivity index (χ2v) is 11.5. The van der Waals surface area contributed by atoms with Crippen LogP contribution in [-0.4, -0.2) is 70.8 Å². The second-order valence-electron chi connectivity index (χ2n) is 11.5. The van der Waals surface area contributed by atoms with E-state index in [2.05, 4.69) is 27.9 Å². The van der Waals surface area contributed by atoms with Crippen LogP contribution < -0.4 is 10.6 Å². The summed E-state index contributed by atoms with van der Waals surface area (Å²) in [5, 5.41) is 10.6. The van der Waals surface area contributed by atoms with Crippen molar-refractivity contribution in [2.75, 3.05) is 26.3 Å². The lowest BCUT2D eigenvalue weighted by molar-refractivity contribution is -0.140. The van der Waals surface area contributed by atoms with Crippen LogP contribution in [0.4, 0.5) is 0 Å². The third kappa shape index (κ3) is 6.81. The maximum Gasteiger partial charge on any atom is 0.243 e. The number of carbonyl (C=O) groups is 3. The van der Waals surface area contributed by atoms with Gasteiger partial charge in [-0.1, -0.05) is 42.5 Å². The molecular weight excluding hydrogens is 506 g/mol. The molecule has 9 nitrogen and oxygen atoms in total. The molecule has 1 spiro atoms. The molecule has 5 rings (SSSR count). The van der Waals surface area contributed by atoms with Crippen molar-refractivity contribution in [3.8, 4) is 0 Å². The van der Waals surface area contributed by atoms with E-state index in [1.165, 1.54) is 0 Å². The maximum absolute atomic E-state index is 13.7. The first-order valence-electron chi connectivity index (χ1n) is 14.6. The minimum Gasteiger partial charge on any atom is -0.381 e. The van der Waals surface area contributed by atoms with Crippen LogP contribution in [0.3, 0.4) is 0 Å². The van der Waals surface area contributed by atoms with Gasteiger partial charge in [0.25, 0.3) is 0 Å². The molecule has 3 aliphatic heterocycles. The molecule has 0 unspecified atom stereocenters. The van der Waals surface area contributed by atoms with Crippen LogP contribution in [0.15, 0.2) is 54.9 Å². The number of amides is 3. The summed E-state index contributed by atoms with van der Waals surface area (Å²) in [5.74, 6) is 0.0199. The Kier molecular flexibility index (Phi) is 8.99. The number of ether oxygens (including phenoxy) is 1. The fourth-order valence-electron chi connectivity index (χ4n) is 6.22. The molecule has 0 aliphatic carbocycles. The van der Waals surface area contributed by atoms with Gasteiger partial charge in [0.2, 0.25) is 17.7 Å². The van der Waals surface area contributed by atoms with Crippen LogP contribution >= 0.6 is 0 Å². The molecule has 2 saturated heterocycles. The lowest BCUT2D eigenvalue weighted by Gasteiger charge is -2.40. The third-order valence-corrected chi connectivity index (χ3v) is 8.75. The number of aromatic nitrogens is 2. The third-order valence-electron chi connectivity index (χ3n) is 8.75. The molecule has 0 radical (unpaired) electrons. The van der Waals surface area contributed by atoms with E-state index in [9.17, 15) is 14.4 Å². The Hall–Kier alpha value is -3.46. The largest absolute Gasteiger partial charge is 0.381 e. The summed E-state index contributed by atoms with van der Waals surface area (Å²) in [4.78, 5) is 42.5. The van der Waals surface area contributed by atoms with Crippen molar-refractivity contribution in [1.82, 2.24) is 25.3 Å². The molecule has 2 fully saturated rings. The van der Waals surface area contributed by atoms with Crippen LogP contribution in [0.25, 0.3) is 0 Å². The van der Waals surface area contributed by atoms with Gasteiger partial charge in [0.15, 0.2) is 0 Å². The van der Waals surface area contributed by atoms with Crippen LogP contribution in [0.2, 0.25) is 0 Å². The summed E-state index contributed by atoms with van der Waals surface area (Å²) in [6, 6.07) is 9.09. The topological polar surface area (TPSA) is 106 Å². The zero-order chi connectivity index (χ0) is 28.0. The first kappa shape index (κ1) is 28.1. The molecule has 3 amide bonds. The first-order valence-corrected chi connectivity index (χ1v) is 14.6. The number of carbonyl (C=O) groups excluding carboxylic acids is 3. The fraction of sp³-hybridized carbons (Fsp3) is 0.548. The summed E-state index contributed by atoms with van der Waals surface area (Å²) in [7, 11) is 1.88. The minimum atomic E-state index is -0.669. The predicted octanol–water partition coefficient (Wildman–Crippen LogP) is 2.56. The molecule has 1 aromatic heterocycles. The summed E-state index contributed by atoms with van der Waals surface area (Å²) in [6.07, 6.45) is 12.9. The maximum atomic E-state index is 13.7. The number of hydrogen-bond acceptors (Lipinski definition) is 5. The molecule has 40 heavy (non-hydrogen) atoms. The smallest absolute Gasteiger partial charge is 0.243 e. The quantitative estimate of drug-likeness (QED) is 0.560. The number of allylic oxidation sites excluding steroid dienone is 2. The molecule has 0 saturated carbocycles. The van der Waals surface area contributed by atoms with E-state index < -0.39 is 11.5 Å². The molecule has 9 heteroatoms. The van der Waals surface area contributed by atoms with Crippen molar-refractivity contribution >= 4 is 17.7 Å². The van der Waals surface area contributed by atoms with Gasteiger partial charge in [0, 0.05) is 64.3 Å². The van der Waals surface area contributed by atoms with Crippen molar-refractivity contribution in [1.29, 1.82) is 0 Å². The minimum absolute atomic E-state index is 0.0637. The van der Waals surface area contributed by atoms with E-state index in [1.807, 2.05) is 54.7 Å². The highest BCUT2D eigenvalue weighted by atomic mass is 16.5. The molecule has 214 valence electrons. The Balaban J connectivity index is 1.32. The Labute approximate surface area is 236 Å². The number of piperidine rings is 1. The standard InChI is InChI=1S/C31H41N5O4/c1-35-21-24(20-32-35)10-11-28(37)36-16-12-26-25(22-36)9-5-6-13-31(14-17-40-18-15-31)30(39)34-27(29(38)33-26)19-23-7-3-2-4-8-23/h2-8,20-21,25-27H,9-19,22H2,1H3,(H,33,38)(H,34,39)/b6-5+/t25-,26+,27-/m0/s1. The number of likely N-dealkylation sites (tertiary alicyclic amines) is 1. The van der Waals surface area contributed by atoms with Crippen molar-refractivity contribution in [3.05, 3.63) is 66.0 Å². The first-order chi connectivity index (χ1) is 19.4. The lowest BCUT2D eigenvalue weighted by Crippen LogP contribution is -2.58. The Bertz CT molecular complexity index is 1200. The monoisotopic (exact) mass is 547 g/mol. The van der Waals surface area contributed by atoms with Gasteiger partial charge in [-0.05, 0) is 49.7 Å². The average Bonchev–Trinajstić information content (AvgIpc) is 3.39. The molecule has 2 aromatic rings. The second kappa shape index (κ2) is 12.8. The fourth-order valence-corrected chi connectivity index (χ4v) is 6.22. The van der Waals surface area contributed by atoms with Gasteiger partial charge in [-0.25, -0.2) is 0 Å². The summed E-state index contributed by atoms with van der Waals surface area (Å²) >= 11 is 0. The van der Waals surface area contributed by atoms with Crippen molar-refractivity contribution in [3.63, 3.8) is 0 Å². The van der Waals surface area contributed by atoms with E-state index in [-0.39, 0.29) is 29.7 Å². The lowest BCUT2D eigenvalue weighted by atomic mass is 9.75. The highest BCUT2D eigenvalue weighted by Gasteiger charge is 2.41. The molecule has 1 aromatic carbocycles. The van der Waals surface area contributed by atoms with Gasteiger partial charge in [0.1, 0.15) is 6.04 Å². The van der Waals surface area contributed by atoms with Gasteiger partial charge >= 0.3 is 0 Å². The number of hydrogen-bond donors (Lipinski definition) is 2. The molecule has 3 aliphatic rings. The van der Waals surface area contributed by atoms with E-state index in [1.54, 1.807) is 4.68 Å². The van der Waals surface area contributed by atoms with Gasteiger partial charge in [-0.3, -0.25) is 19.1 Å². The number of rotatable bonds is 5. The van der Waals surface area contributed by atoms with Crippen LogP contribution in [0.1, 0.15) is 49.7 Å². The molecule has 4 heterocycles. The SMILES string of the molecule is Cn1cc(CCC(=O)N2CC[C@H]3NC(=O)[C@H](Cc4ccccc4)NC(=O)C4(C/C=C/C[C@H]3C2)CCOCC4)cn1. The zero-order valence-electron chi connectivity index (χ0n) is 23.4. The van der Waals surface area contributed by atoms with Gasteiger partial charge in [-0.2, -0.15) is 5.10 Å². The Morgan fingerprint density at radius 3 is 2.65 bits per heavy atom. The number of benzene rings is 1. The number of nitrogens with zero attached hydrogens (tertiary/aromatic N) is 3. The number of aryl methyl sites for hydroxylation is 2. The molecular formula is C31H41N5O4. The van der Waals surface area contributed by atoms with Gasteiger partial charge < -0.3 is 20.3 Å². The Morgan fingerprint density at radius 1 is 1.10 bits per heavy atom. The van der Waals surface area contributed by atoms with Crippen molar-refractivity contribution < 1.29 is 19.1 Å². The van der Waals surface area contributed by atoms with Crippen molar-refractivity contribution in [2.45, 2.75) is 63.5 Å². The molecule has 2 N–H and O–H groups in total. The van der Waals surface area contributed by atoms with E-state index in [0.717, 1.165) is 17.5 Å². The van der Waals surface area contributed by atoms with Crippen LogP contribution in [0, 0.1) is 11.3 Å². The van der Waals surface area contributed by atoms with Crippen molar-refractivity contribution in [2.24, 2.45) is 18.4 Å². The van der Waals surface area contributed by atoms with Crippen LogP contribution in [-0.2, 0) is 39.0 Å². The van der Waals surface area contributed by atoms with Gasteiger partial charge in [0.05, 0.1) is 11.6 Å². The summed E-state index contributed by atoms with van der Waals surface area (Å²) in [5.41, 5.74) is 1.48. The van der Waals surface area contributed by atoms with E-state index >= 15 is 0 Å². The highest BCUT2D eigenvalue weighted by molar-refractivity contribution is 5.90. The Morgan fingerprint density at radius 2 is 1.90 bits per heavy atom. The average molecular weight is 548 g/mol. The number of fused-ring (bicyclic) bond motifs is 1. The van der Waals surface area contributed by atoms with Crippen LogP contribution in [0.5, 0.6) is 0 Å². The zero-order valence-corrected chi connectivity index (χ0v) is 23.4. The van der Waals surface area contributed by atoms with Gasteiger partial charge in [-0.15, -0.1) is 0 Å². The normalized spacial score (nSPS) is 26.1. The summed E-state index contributed by atoms with van der Waals surface area (Å²) in [6.45, 7) is 2.29. The van der Waals surface area contributed by atoms with E-state index in [4.69, 9.17) is 4.74 Å². The summed E-state index contributed by atoms with van der Waals surface area (Å²) < 4.78 is 7.34. The van der Waals surface area contributed by atoms with E-state index in [0.29, 0.717) is 71.2 Å². The predicted molar refractivity (Wildman–Crippen MR) is 151 cm³/mol.